The number of aryl methyl sites for hydroxylation is 2. The number of thiophene rings is 4. The summed E-state index contributed by atoms with van der Waals surface area (Å²) in [5, 5.41) is 34.7. The van der Waals surface area contributed by atoms with E-state index in [2.05, 4.69) is 0 Å². The fourth-order valence-corrected chi connectivity index (χ4v) is 11.1. The topological polar surface area (TPSA) is 104 Å². The Morgan fingerprint density at radius 2 is 1.21 bits per heavy atom. The number of rotatable bonds is 3. The summed E-state index contributed by atoms with van der Waals surface area (Å²) in [4.78, 5) is 28.0. The molecule has 4 heterocycles. The van der Waals surface area contributed by atoms with Crippen LogP contribution in [0.15, 0.2) is 33.9 Å². The van der Waals surface area contributed by atoms with Crippen molar-refractivity contribution in [2.45, 2.75) is 13.8 Å². The lowest BCUT2D eigenvalue weighted by Crippen LogP contribution is -2.26. The molecule has 0 saturated carbocycles. The van der Waals surface area contributed by atoms with Crippen LogP contribution >= 0.6 is 45.3 Å². The zero-order chi connectivity index (χ0) is 26.2. The van der Waals surface area contributed by atoms with E-state index in [4.69, 9.17) is 9.68 Å². The summed E-state index contributed by atoms with van der Waals surface area (Å²) in [6.45, 7) is 3.96. The van der Waals surface area contributed by atoms with Crippen LogP contribution in [0.2, 0.25) is 0 Å². The highest BCUT2D eigenvalue weighted by atomic mass is 32.1. The lowest BCUT2D eigenvalue weighted by atomic mass is 9.90. The third-order valence-electron chi connectivity index (χ3n) is 7.35. The molecule has 3 N–H and O–H groups in total. The molecule has 0 fully saturated rings. The highest BCUT2D eigenvalue weighted by Crippen LogP contribution is 2.48. The Kier molecular flexibility index (Phi) is 4.64. The molecule has 4 aromatic carbocycles. The third kappa shape index (κ3) is 2.73. The molecular formula is C26H13B2O6S4. The van der Waals surface area contributed by atoms with Crippen LogP contribution in [-0.4, -0.2) is 29.9 Å². The fraction of sp³-hybridized carbons (Fsp3) is 0.0769. The molecule has 183 valence electrons. The minimum Gasteiger partial charge on any atom is -0.530 e. The predicted octanol–water partition coefficient (Wildman–Crippen LogP) is 4.80. The molecule has 0 atom stereocenters. The minimum atomic E-state index is -1.58. The summed E-state index contributed by atoms with van der Waals surface area (Å²) >= 11 is 5.60. The van der Waals surface area contributed by atoms with Crippen molar-refractivity contribution in [3.8, 4) is 5.06 Å². The maximum absolute atomic E-state index is 14.0. The van der Waals surface area contributed by atoms with Crippen molar-refractivity contribution >= 4 is 136 Å². The Labute approximate surface area is 229 Å². The molecule has 38 heavy (non-hydrogen) atoms. The fourth-order valence-electron chi connectivity index (χ4n) is 5.89. The van der Waals surface area contributed by atoms with E-state index in [-0.39, 0.29) is 10.9 Å². The molecule has 0 aliphatic carbocycles. The lowest BCUT2D eigenvalue weighted by Gasteiger charge is -2.08. The number of hydrogen-bond donors (Lipinski definition) is 3. The van der Waals surface area contributed by atoms with Gasteiger partial charge in [0.25, 0.3) is 0 Å². The van der Waals surface area contributed by atoms with E-state index in [0.29, 0.717) is 39.1 Å². The van der Waals surface area contributed by atoms with Gasteiger partial charge in [0.05, 0.1) is 24.9 Å². The minimum absolute atomic E-state index is 0.0573. The Morgan fingerprint density at radius 3 is 1.74 bits per heavy atom. The van der Waals surface area contributed by atoms with E-state index in [1.807, 2.05) is 32.0 Å². The second-order valence-electron chi connectivity index (χ2n) is 9.45. The Bertz CT molecular complexity index is 2420. The number of fused-ring (bicyclic) bond motifs is 13. The van der Waals surface area contributed by atoms with Crippen LogP contribution in [0.4, 0.5) is 0 Å². The molecule has 0 aliphatic heterocycles. The molecule has 0 amide bonds. The molecule has 0 spiro atoms. The second kappa shape index (κ2) is 7.64. The summed E-state index contributed by atoms with van der Waals surface area (Å²) < 4.78 is 10.8. The summed E-state index contributed by atoms with van der Waals surface area (Å²) in [5.41, 5.74) is 1.73. The van der Waals surface area contributed by atoms with Crippen molar-refractivity contribution in [3.05, 3.63) is 55.8 Å². The zero-order valence-corrected chi connectivity index (χ0v) is 22.9. The van der Waals surface area contributed by atoms with E-state index in [1.165, 1.54) is 45.3 Å². The Morgan fingerprint density at radius 1 is 0.684 bits per heavy atom. The number of hydrogen-bond acceptors (Lipinski definition) is 10. The van der Waals surface area contributed by atoms with Crippen LogP contribution in [0, 0.1) is 13.8 Å². The largest absolute Gasteiger partial charge is 0.569 e. The average Bonchev–Trinajstić information content (AvgIpc) is 3.65. The van der Waals surface area contributed by atoms with Gasteiger partial charge in [0, 0.05) is 46.5 Å². The van der Waals surface area contributed by atoms with Crippen molar-refractivity contribution in [1.29, 1.82) is 0 Å². The SMILES string of the molecule is Cc1cc2c(cc(C)c3c4sc5cc(B(O)O)sc5c4c(=O)c23)c2c(=O)c3c4sc(O[B]O)cc4sc3c12. The molecule has 4 aromatic heterocycles. The van der Waals surface area contributed by atoms with Gasteiger partial charge in [-0.1, -0.05) is 11.3 Å². The second-order valence-corrected chi connectivity index (χ2v) is 13.7. The van der Waals surface area contributed by atoms with E-state index in [9.17, 15) is 19.6 Å². The van der Waals surface area contributed by atoms with Crippen molar-refractivity contribution in [1.82, 2.24) is 0 Å². The van der Waals surface area contributed by atoms with Gasteiger partial charge in [-0.15, -0.1) is 34.0 Å². The normalized spacial score (nSPS) is 12.6. The van der Waals surface area contributed by atoms with Gasteiger partial charge in [0.15, 0.2) is 15.9 Å². The van der Waals surface area contributed by atoms with Gasteiger partial charge in [-0.3, -0.25) is 9.59 Å². The predicted molar refractivity (Wildman–Crippen MR) is 163 cm³/mol. The van der Waals surface area contributed by atoms with Gasteiger partial charge in [-0.05, 0) is 53.9 Å². The quantitative estimate of drug-likeness (QED) is 0.264. The van der Waals surface area contributed by atoms with Gasteiger partial charge in [-0.2, -0.15) is 0 Å². The van der Waals surface area contributed by atoms with Gasteiger partial charge >= 0.3 is 14.8 Å². The summed E-state index contributed by atoms with van der Waals surface area (Å²) in [6, 6.07) is 7.63. The van der Waals surface area contributed by atoms with E-state index >= 15 is 0 Å². The van der Waals surface area contributed by atoms with Gasteiger partial charge < -0.3 is 19.7 Å². The van der Waals surface area contributed by atoms with Crippen LogP contribution in [0.3, 0.4) is 0 Å². The van der Waals surface area contributed by atoms with Crippen molar-refractivity contribution in [3.63, 3.8) is 0 Å². The third-order valence-corrected chi connectivity index (χ3v) is 12.2. The first-order chi connectivity index (χ1) is 18.3. The molecule has 8 rings (SSSR count). The van der Waals surface area contributed by atoms with Crippen LogP contribution in [0.5, 0.6) is 5.06 Å². The molecule has 0 unspecified atom stereocenters. The lowest BCUT2D eigenvalue weighted by molar-refractivity contribution is 0.427. The van der Waals surface area contributed by atoms with E-state index < -0.39 is 7.12 Å². The van der Waals surface area contributed by atoms with Gasteiger partial charge in [0.1, 0.15) is 0 Å². The first-order valence-corrected chi connectivity index (χ1v) is 14.9. The van der Waals surface area contributed by atoms with Crippen molar-refractivity contribution in [2.75, 3.05) is 0 Å². The van der Waals surface area contributed by atoms with Crippen LogP contribution in [-0.2, 0) is 0 Å². The first kappa shape index (κ1) is 23.1. The molecule has 12 heteroatoms. The molecule has 6 nitrogen and oxygen atoms in total. The Hall–Kier alpha value is -2.83. The Balaban J connectivity index is 1.54. The molecule has 0 aliphatic rings. The molecule has 0 bridgehead atoms. The maximum Gasteiger partial charge on any atom is 0.569 e. The van der Waals surface area contributed by atoms with Crippen molar-refractivity contribution < 1.29 is 19.7 Å². The summed E-state index contributed by atoms with van der Waals surface area (Å²) in [6.07, 6.45) is 0. The van der Waals surface area contributed by atoms with Crippen LogP contribution in [0.25, 0.3) is 71.3 Å². The molecular weight excluding hydrogens is 558 g/mol. The highest BCUT2D eigenvalue weighted by molar-refractivity contribution is 7.37. The monoisotopic (exact) mass is 571 g/mol. The zero-order valence-electron chi connectivity index (χ0n) is 19.7. The van der Waals surface area contributed by atoms with Crippen LogP contribution < -0.4 is 20.3 Å². The maximum atomic E-state index is 14.0. The summed E-state index contributed by atoms with van der Waals surface area (Å²) in [7, 11) is -0.937. The van der Waals surface area contributed by atoms with E-state index in [1.54, 1.807) is 6.07 Å². The highest BCUT2D eigenvalue weighted by Gasteiger charge is 2.27. The molecule has 8 aromatic rings. The number of benzene rings is 2. The van der Waals surface area contributed by atoms with Gasteiger partial charge in [0.2, 0.25) is 0 Å². The molecule has 0 saturated heterocycles. The first-order valence-electron chi connectivity index (χ1n) is 11.6. The summed E-state index contributed by atoms with van der Waals surface area (Å²) in [5.74, 6) is 0. The standard InChI is InChI=1S/C26H13B2O6S4/c1-7-3-10-9(17-15(7)25-19(21(17)29)23-11(35-25)5-13(37-23)28(32)33)4-8(2)16-18(10)22(30)20-24-12(36-26(16)20)6-14(38-24)34-27-31/h3-6,31-33H,1-2H3. The smallest absolute Gasteiger partial charge is 0.530 e. The van der Waals surface area contributed by atoms with Crippen LogP contribution in [0.1, 0.15) is 11.1 Å². The van der Waals surface area contributed by atoms with E-state index in [0.717, 1.165) is 60.9 Å². The van der Waals surface area contributed by atoms with Gasteiger partial charge in [-0.25, -0.2) is 0 Å². The molecule has 1 radical (unpaired) electrons. The van der Waals surface area contributed by atoms with Crippen molar-refractivity contribution in [2.24, 2.45) is 0 Å². The average molecular weight is 571 g/mol.